The molecule has 2 heterocycles. The summed E-state index contributed by atoms with van der Waals surface area (Å²) >= 11 is 3.40. The average Bonchev–Trinajstić information content (AvgIpc) is 2.99. The number of aryl methyl sites for hydroxylation is 2. The van der Waals surface area contributed by atoms with Crippen LogP contribution >= 0.6 is 15.9 Å². The lowest BCUT2D eigenvalue weighted by atomic mass is 10.1. The van der Waals surface area contributed by atoms with Gasteiger partial charge >= 0.3 is 0 Å². The molecule has 1 aromatic carbocycles. The zero-order valence-corrected chi connectivity index (χ0v) is 12.8. The number of hydrogen-bond acceptors (Lipinski definition) is 3. The number of carbonyl (C=O) groups is 1. The monoisotopic (exact) mass is 334 g/mol. The van der Waals surface area contributed by atoms with Crippen LogP contribution in [0.4, 0.5) is 0 Å². The molecule has 5 nitrogen and oxygen atoms in total. The Bertz CT molecular complexity index is 665. The van der Waals surface area contributed by atoms with Gasteiger partial charge in [-0.15, -0.1) is 10.2 Å². The van der Waals surface area contributed by atoms with Crippen molar-refractivity contribution in [3.8, 4) is 0 Å². The summed E-state index contributed by atoms with van der Waals surface area (Å²) in [6, 6.07) is 5.63. The predicted octanol–water partition coefficient (Wildman–Crippen LogP) is 2.23. The molecule has 1 aromatic heterocycles. The quantitative estimate of drug-likeness (QED) is 0.936. The van der Waals surface area contributed by atoms with E-state index >= 15 is 0 Å². The fraction of sp³-hybridized carbons (Fsp3) is 0.357. The summed E-state index contributed by atoms with van der Waals surface area (Å²) in [6.07, 6.45) is 2.09. The third-order valence-electron chi connectivity index (χ3n) is 3.53. The van der Waals surface area contributed by atoms with Gasteiger partial charge in [-0.25, -0.2) is 0 Å². The Morgan fingerprint density at radius 2 is 2.30 bits per heavy atom. The number of halogens is 1. The average molecular weight is 335 g/mol. The van der Waals surface area contributed by atoms with Crippen molar-refractivity contribution in [1.29, 1.82) is 0 Å². The van der Waals surface area contributed by atoms with Gasteiger partial charge in [0, 0.05) is 23.0 Å². The summed E-state index contributed by atoms with van der Waals surface area (Å²) < 4.78 is 3.07. The van der Waals surface area contributed by atoms with Crippen LogP contribution in [-0.4, -0.2) is 20.7 Å². The van der Waals surface area contributed by atoms with Gasteiger partial charge in [-0.1, -0.05) is 15.9 Å². The molecule has 0 saturated carbocycles. The van der Waals surface area contributed by atoms with E-state index in [0.29, 0.717) is 12.1 Å². The second kappa shape index (κ2) is 5.36. The number of rotatable bonds is 3. The summed E-state index contributed by atoms with van der Waals surface area (Å²) in [5, 5.41) is 11.2. The molecule has 20 heavy (non-hydrogen) atoms. The number of benzene rings is 1. The van der Waals surface area contributed by atoms with E-state index in [9.17, 15) is 4.79 Å². The summed E-state index contributed by atoms with van der Waals surface area (Å²) in [5.74, 6) is 1.78. The summed E-state index contributed by atoms with van der Waals surface area (Å²) in [5.41, 5.74) is 1.64. The minimum Gasteiger partial charge on any atom is -0.345 e. The molecule has 0 saturated heterocycles. The van der Waals surface area contributed by atoms with Gasteiger partial charge in [0.05, 0.1) is 6.54 Å². The number of fused-ring (bicyclic) bond motifs is 1. The molecule has 1 N–H and O–H groups in total. The third kappa shape index (κ3) is 2.47. The highest BCUT2D eigenvalue weighted by atomic mass is 79.9. The minimum atomic E-state index is -0.0784. The zero-order chi connectivity index (χ0) is 14.1. The standard InChI is InChI=1S/C14H15BrN4O/c1-9-7-10(15)4-5-11(9)14(20)16-8-13-18-17-12-3-2-6-19(12)13/h4-5,7H,2-3,6,8H2,1H3,(H,16,20). The lowest BCUT2D eigenvalue weighted by molar-refractivity contribution is 0.0949. The van der Waals surface area contributed by atoms with Gasteiger partial charge in [0.1, 0.15) is 5.82 Å². The topological polar surface area (TPSA) is 59.8 Å². The van der Waals surface area contributed by atoms with Crippen molar-refractivity contribution in [1.82, 2.24) is 20.1 Å². The third-order valence-corrected chi connectivity index (χ3v) is 4.02. The molecule has 0 aliphatic carbocycles. The largest absolute Gasteiger partial charge is 0.345 e. The zero-order valence-electron chi connectivity index (χ0n) is 11.2. The van der Waals surface area contributed by atoms with Gasteiger partial charge in [-0.3, -0.25) is 4.79 Å². The maximum absolute atomic E-state index is 12.2. The second-order valence-corrected chi connectivity index (χ2v) is 5.85. The normalized spacial score (nSPS) is 13.3. The summed E-state index contributed by atoms with van der Waals surface area (Å²) in [6.45, 7) is 3.29. The first-order chi connectivity index (χ1) is 9.65. The van der Waals surface area contributed by atoms with Crippen molar-refractivity contribution < 1.29 is 4.79 Å². The number of amides is 1. The highest BCUT2D eigenvalue weighted by Gasteiger charge is 2.18. The van der Waals surface area contributed by atoms with Crippen LogP contribution in [0.3, 0.4) is 0 Å². The van der Waals surface area contributed by atoms with Gasteiger partial charge in [-0.05, 0) is 37.1 Å². The van der Waals surface area contributed by atoms with Crippen LogP contribution in [-0.2, 0) is 19.5 Å². The molecule has 2 aromatic rings. The summed E-state index contributed by atoms with van der Waals surface area (Å²) in [4.78, 5) is 12.2. The van der Waals surface area contributed by atoms with E-state index in [2.05, 4.69) is 36.0 Å². The Morgan fingerprint density at radius 3 is 3.10 bits per heavy atom. The van der Waals surface area contributed by atoms with E-state index in [4.69, 9.17) is 0 Å². The van der Waals surface area contributed by atoms with Gasteiger partial charge in [0.2, 0.25) is 0 Å². The molecule has 104 valence electrons. The maximum Gasteiger partial charge on any atom is 0.251 e. The Labute approximate surface area is 125 Å². The molecule has 0 spiro atoms. The van der Waals surface area contributed by atoms with Crippen molar-refractivity contribution >= 4 is 21.8 Å². The molecule has 0 bridgehead atoms. The van der Waals surface area contributed by atoms with Gasteiger partial charge < -0.3 is 9.88 Å². The number of aromatic nitrogens is 3. The van der Waals surface area contributed by atoms with Crippen LogP contribution in [0.5, 0.6) is 0 Å². The van der Waals surface area contributed by atoms with Gasteiger partial charge in [0.15, 0.2) is 5.82 Å². The van der Waals surface area contributed by atoms with Gasteiger partial charge in [0.25, 0.3) is 5.91 Å². The van der Waals surface area contributed by atoms with Crippen LogP contribution in [0.2, 0.25) is 0 Å². The highest BCUT2D eigenvalue weighted by molar-refractivity contribution is 9.10. The molecule has 1 aliphatic rings. The van der Waals surface area contributed by atoms with Crippen LogP contribution in [0.1, 0.15) is 34.0 Å². The van der Waals surface area contributed by atoms with E-state index in [0.717, 1.165) is 41.1 Å². The van der Waals surface area contributed by atoms with E-state index in [1.807, 2.05) is 25.1 Å². The van der Waals surface area contributed by atoms with Crippen molar-refractivity contribution in [2.24, 2.45) is 0 Å². The molecule has 1 amide bonds. The van der Waals surface area contributed by atoms with Crippen LogP contribution in [0.25, 0.3) is 0 Å². The first-order valence-corrected chi connectivity index (χ1v) is 7.40. The fourth-order valence-corrected chi connectivity index (χ4v) is 2.95. The minimum absolute atomic E-state index is 0.0784. The molecular formula is C14H15BrN4O. The molecule has 0 radical (unpaired) electrons. The molecule has 0 atom stereocenters. The first kappa shape index (κ1) is 13.3. The number of carbonyl (C=O) groups excluding carboxylic acids is 1. The molecule has 0 fully saturated rings. The number of hydrogen-bond donors (Lipinski definition) is 1. The van der Waals surface area contributed by atoms with Crippen LogP contribution in [0, 0.1) is 6.92 Å². The lowest BCUT2D eigenvalue weighted by Crippen LogP contribution is -2.25. The van der Waals surface area contributed by atoms with Crippen LogP contribution < -0.4 is 5.32 Å². The molecule has 3 rings (SSSR count). The van der Waals surface area contributed by atoms with E-state index in [-0.39, 0.29) is 5.91 Å². The van der Waals surface area contributed by atoms with Crippen molar-refractivity contribution in [3.05, 3.63) is 45.4 Å². The predicted molar refractivity (Wildman–Crippen MR) is 78.4 cm³/mol. The smallest absolute Gasteiger partial charge is 0.251 e. The first-order valence-electron chi connectivity index (χ1n) is 6.60. The van der Waals surface area contributed by atoms with Gasteiger partial charge in [-0.2, -0.15) is 0 Å². The fourth-order valence-electron chi connectivity index (χ4n) is 2.48. The molecule has 6 heteroatoms. The highest BCUT2D eigenvalue weighted by Crippen LogP contribution is 2.16. The van der Waals surface area contributed by atoms with Crippen LogP contribution in [0.15, 0.2) is 22.7 Å². The summed E-state index contributed by atoms with van der Waals surface area (Å²) in [7, 11) is 0. The SMILES string of the molecule is Cc1cc(Br)ccc1C(=O)NCc1nnc2n1CCC2. The van der Waals surface area contributed by atoms with Crippen molar-refractivity contribution in [2.75, 3.05) is 0 Å². The second-order valence-electron chi connectivity index (χ2n) is 4.93. The van der Waals surface area contributed by atoms with E-state index < -0.39 is 0 Å². The molecular weight excluding hydrogens is 320 g/mol. The van der Waals surface area contributed by atoms with E-state index in [1.54, 1.807) is 0 Å². The molecule has 0 unspecified atom stereocenters. The Kier molecular flexibility index (Phi) is 3.56. The molecule has 1 aliphatic heterocycles. The van der Waals surface area contributed by atoms with E-state index in [1.165, 1.54) is 0 Å². The Morgan fingerprint density at radius 1 is 1.45 bits per heavy atom. The van der Waals surface area contributed by atoms with Crippen molar-refractivity contribution in [2.45, 2.75) is 32.9 Å². The number of nitrogens with one attached hydrogen (secondary N) is 1. The Hall–Kier alpha value is -1.69. The number of nitrogens with zero attached hydrogens (tertiary/aromatic N) is 3. The maximum atomic E-state index is 12.2. The lowest BCUT2D eigenvalue weighted by Gasteiger charge is -2.08. The Balaban J connectivity index is 1.70. The van der Waals surface area contributed by atoms with Crippen molar-refractivity contribution in [3.63, 3.8) is 0 Å².